The Bertz CT molecular complexity index is 392. The Kier molecular flexibility index (Phi) is 3.74. The van der Waals surface area contributed by atoms with E-state index in [4.69, 9.17) is 10.8 Å². The molecule has 0 aliphatic carbocycles. The second-order valence-electron chi connectivity index (χ2n) is 2.96. The summed E-state index contributed by atoms with van der Waals surface area (Å²) < 4.78 is 0. The zero-order chi connectivity index (χ0) is 11.4. The molecule has 0 radical (unpaired) electrons. The third kappa shape index (κ3) is 2.99. The maximum Gasteiger partial charge on any atom is 0.336 e. The lowest BCUT2D eigenvalue weighted by Crippen LogP contribution is -2.22. The van der Waals surface area contributed by atoms with Gasteiger partial charge in [-0.05, 0) is 19.1 Å². The molecule has 1 rings (SSSR count). The topological polar surface area (TPSA) is 80.4 Å². The summed E-state index contributed by atoms with van der Waals surface area (Å²) in [6, 6.07) is 6.52. The first-order chi connectivity index (χ1) is 7.02. The molecule has 0 heterocycles. The fraction of sp³-hybridized carbons (Fsp3) is 0.200. The van der Waals surface area contributed by atoms with Crippen LogP contribution in [0.15, 0.2) is 29.2 Å². The molecule has 5 heteroatoms. The number of aromatic carboxylic acids is 1. The monoisotopic (exact) mass is 225 g/mol. The van der Waals surface area contributed by atoms with Gasteiger partial charge in [0, 0.05) is 4.90 Å². The zero-order valence-corrected chi connectivity index (χ0v) is 8.95. The van der Waals surface area contributed by atoms with E-state index in [2.05, 4.69) is 0 Å². The average molecular weight is 225 g/mol. The van der Waals surface area contributed by atoms with Gasteiger partial charge in [0.1, 0.15) is 0 Å². The van der Waals surface area contributed by atoms with Crippen molar-refractivity contribution in [2.45, 2.75) is 17.1 Å². The van der Waals surface area contributed by atoms with E-state index in [9.17, 15) is 9.59 Å². The van der Waals surface area contributed by atoms with E-state index in [1.54, 1.807) is 25.1 Å². The van der Waals surface area contributed by atoms with E-state index in [0.29, 0.717) is 4.90 Å². The number of carbonyl (C=O) groups excluding carboxylic acids is 1. The number of thioether (sulfide) groups is 1. The van der Waals surface area contributed by atoms with Gasteiger partial charge in [-0.1, -0.05) is 12.1 Å². The van der Waals surface area contributed by atoms with Gasteiger partial charge in [0.2, 0.25) is 5.91 Å². The molecule has 0 unspecified atom stereocenters. The van der Waals surface area contributed by atoms with Gasteiger partial charge < -0.3 is 10.8 Å². The smallest absolute Gasteiger partial charge is 0.336 e. The Hall–Kier alpha value is -1.49. The molecular weight excluding hydrogens is 214 g/mol. The summed E-state index contributed by atoms with van der Waals surface area (Å²) in [4.78, 5) is 22.2. The average Bonchev–Trinajstić information content (AvgIpc) is 2.18. The number of carbonyl (C=O) groups is 2. The van der Waals surface area contributed by atoms with Crippen LogP contribution in [0.25, 0.3) is 0 Å². The first-order valence-corrected chi connectivity index (χ1v) is 5.18. The highest BCUT2D eigenvalue weighted by molar-refractivity contribution is 8.00. The number of carboxylic acid groups (broad SMARTS) is 1. The number of hydrogen-bond acceptors (Lipinski definition) is 3. The lowest BCUT2D eigenvalue weighted by atomic mass is 10.2. The normalized spacial score (nSPS) is 12.1. The molecule has 3 N–H and O–H groups in total. The maximum atomic E-state index is 10.8. The Morgan fingerprint density at radius 1 is 1.40 bits per heavy atom. The number of primary amides is 1. The molecule has 0 aliphatic heterocycles. The molecule has 4 nitrogen and oxygen atoms in total. The summed E-state index contributed by atoms with van der Waals surface area (Å²) in [5, 5.41) is 8.45. The maximum absolute atomic E-state index is 10.8. The first kappa shape index (κ1) is 11.6. The first-order valence-electron chi connectivity index (χ1n) is 4.30. The zero-order valence-electron chi connectivity index (χ0n) is 8.14. The van der Waals surface area contributed by atoms with Crippen molar-refractivity contribution in [2.24, 2.45) is 5.73 Å². The minimum absolute atomic E-state index is 0.190. The Morgan fingerprint density at radius 3 is 2.53 bits per heavy atom. The molecule has 0 fully saturated rings. The SMILES string of the molecule is C[C@@H](Sc1ccccc1C(=O)O)C(N)=O. The van der Waals surface area contributed by atoms with Crippen LogP contribution in [0, 0.1) is 0 Å². The molecule has 0 spiro atoms. The van der Waals surface area contributed by atoms with Crippen LogP contribution >= 0.6 is 11.8 Å². The van der Waals surface area contributed by atoms with Gasteiger partial charge in [0.05, 0.1) is 10.8 Å². The highest BCUT2D eigenvalue weighted by Gasteiger charge is 2.15. The molecule has 0 bridgehead atoms. The summed E-state index contributed by atoms with van der Waals surface area (Å²) in [5.74, 6) is -1.46. The Labute approximate surface area is 91.5 Å². The Balaban J connectivity index is 2.94. The third-order valence-corrected chi connectivity index (χ3v) is 3.02. The van der Waals surface area contributed by atoms with Crippen LogP contribution in [0.5, 0.6) is 0 Å². The highest BCUT2D eigenvalue weighted by atomic mass is 32.2. The highest BCUT2D eigenvalue weighted by Crippen LogP contribution is 2.26. The predicted octanol–water partition coefficient (Wildman–Crippen LogP) is 1.35. The molecule has 80 valence electrons. The molecule has 0 aliphatic rings. The van der Waals surface area contributed by atoms with Gasteiger partial charge in [-0.3, -0.25) is 4.79 Å². The van der Waals surface area contributed by atoms with Gasteiger partial charge in [-0.15, -0.1) is 11.8 Å². The molecule has 0 saturated carbocycles. The number of benzene rings is 1. The van der Waals surface area contributed by atoms with E-state index in [0.717, 1.165) is 11.8 Å². The predicted molar refractivity (Wildman–Crippen MR) is 57.9 cm³/mol. The standard InChI is InChI=1S/C10H11NO3S/c1-6(9(11)12)15-8-5-3-2-4-7(8)10(13)14/h2-6H,1H3,(H2,11,12)(H,13,14)/t6-/m1/s1. The quantitative estimate of drug-likeness (QED) is 0.758. The van der Waals surface area contributed by atoms with Crippen LogP contribution in [0.4, 0.5) is 0 Å². The lowest BCUT2D eigenvalue weighted by Gasteiger charge is -2.08. The van der Waals surface area contributed by atoms with Crippen LogP contribution in [0.3, 0.4) is 0 Å². The van der Waals surface area contributed by atoms with Gasteiger partial charge in [0.25, 0.3) is 0 Å². The van der Waals surface area contributed by atoms with E-state index < -0.39 is 17.1 Å². The number of hydrogen-bond donors (Lipinski definition) is 2. The van der Waals surface area contributed by atoms with Crippen molar-refractivity contribution in [2.75, 3.05) is 0 Å². The van der Waals surface area contributed by atoms with E-state index >= 15 is 0 Å². The van der Waals surface area contributed by atoms with Crippen molar-refractivity contribution in [1.29, 1.82) is 0 Å². The molecule has 0 saturated heterocycles. The van der Waals surface area contributed by atoms with E-state index in [-0.39, 0.29) is 5.56 Å². The third-order valence-electron chi connectivity index (χ3n) is 1.82. The fourth-order valence-corrected chi connectivity index (χ4v) is 1.93. The molecule has 0 aromatic heterocycles. The largest absolute Gasteiger partial charge is 0.478 e. The molecule has 1 aromatic rings. The second kappa shape index (κ2) is 4.84. The van der Waals surface area contributed by atoms with Crippen LogP contribution in [-0.4, -0.2) is 22.2 Å². The minimum Gasteiger partial charge on any atom is -0.478 e. The summed E-state index contributed by atoms with van der Waals surface area (Å²) in [5.41, 5.74) is 5.29. The summed E-state index contributed by atoms with van der Waals surface area (Å²) in [7, 11) is 0. The summed E-state index contributed by atoms with van der Waals surface area (Å²) in [6.45, 7) is 1.64. The lowest BCUT2D eigenvalue weighted by molar-refractivity contribution is -0.117. The van der Waals surface area contributed by atoms with Crippen molar-refractivity contribution in [1.82, 2.24) is 0 Å². The summed E-state index contributed by atoms with van der Waals surface area (Å²) in [6.07, 6.45) is 0. The number of amides is 1. The number of carboxylic acids is 1. The minimum atomic E-state index is -1.00. The van der Waals surface area contributed by atoms with Crippen LogP contribution in [0.1, 0.15) is 17.3 Å². The Morgan fingerprint density at radius 2 is 2.00 bits per heavy atom. The van der Waals surface area contributed by atoms with Gasteiger partial charge in [-0.25, -0.2) is 4.79 Å². The van der Waals surface area contributed by atoms with Crippen molar-refractivity contribution >= 4 is 23.6 Å². The molecule has 1 atom stereocenters. The van der Waals surface area contributed by atoms with Gasteiger partial charge in [0.15, 0.2) is 0 Å². The molecule has 1 aromatic carbocycles. The van der Waals surface area contributed by atoms with Crippen molar-refractivity contribution in [3.63, 3.8) is 0 Å². The van der Waals surface area contributed by atoms with Crippen LogP contribution in [0.2, 0.25) is 0 Å². The van der Waals surface area contributed by atoms with E-state index in [1.807, 2.05) is 0 Å². The number of rotatable bonds is 4. The summed E-state index contributed by atoms with van der Waals surface area (Å²) >= 11 is 1.15. The van der Waals surface area contributed by atoms with Crippen LogP contribution in [-0.2, 0) is 4.79 Å². The van der Waals surface area contributed by atoms with Gasteiger partial charge >= 0.3 is 5.97 Å². The van der Waals surface area contributed by atoms with Crippen molar-refractivity contribution < 1.29 is 14.7 Å². The molecule has 15 heavy (non-hydrogen) atoms. The van der Waals surface area contributed by atoms with Gasteiger partial charge in [-0.2, -0.15) is 0 Å². The van der Waals surface area contributed by atoms with E-state index in [1.165, 1.54) is 6.07 Å². The molecular formula is C10H11NO3S. The second-order valence-corrected chi connectivity index (χ2v) is 4.35. The fourth-order valence-electron chi connectivity index (χ4n) is 0.995. The number of nitrogens with two attached hydrogens (primary N) is 1. The van der Waals surface area contributed by atoms with Crippen molar-refractivity contribution in [3.8, 4) is 0 Å². The van der Waals surface area contributed by atoms with Crippen molar-refractivity contribution in [3.05, 3.63) is 29.8 Å². The molecule has 1 amide bonds. The van der Waals surface area contributed by atoms with Crippen LogP contribution < -0.4 is 5.73 Å².